The maximum atomic E-state index is 12.0. The first kappa shape index (κ1) is 23.1. The Bertz CT molecular complexity index is 666. The second kappa shape index (κ2) is 12.4. The molecule has 28 heavy (non-hydrogen) atoms. The number of ether oxygens (including phenoxy) is 2. The minimum Gasteiger partial charge on any atom is -0.465 e. The summed E-state index contributed by atoms with van der Waals surface area (Å²) in [6.45, 7) is 1.04. The van der Waals surface area contributed by atoms with Crippen molar-refractivity contribution >= 4 is 23.9 Å². The zero-order valence-electron chi connectivity index (χ0n) is 15.6. The van der Waals surface area contributed by atoms with Gasteiger partial charge in [-0.1, -0.05) is 30.3 Å². The van der Waals surface area contributed by atoms with E-state index in [0.717, 1.165) is 5.56 Å². The molecule has 0 radical (unpaired) electrons. The number of aliphatic hydroxyl groups is 1. The topological polar surface area (TPSA) is 157 Å². The number of amides is 3. The molecule has 3 amide bonds. The van der Waals surface area contributed by atoms with Gasteiger partial charge in [0, 0.05) is 6.42 Å². The van der Waals surface area contributed by atoms with Crippen LogP contribution in [0, 0.1) is 0 Å². The molecule has 2 atom stereocenters. The van der Waals surface area contributed by atoms with Gasteiger partial charge in [0.2, 0.25) is 5.91 Å². The van der Waals surface area contributed by atoms with E-state index in [9.17, 15) is 24.3 Å². The normalized spacial score (nSPS) is 12.4. The van der Waals surface area contributed by atoms with Gasteiger partial charge in [-0.25, -0.2) is 4.79 Å². The van der Waals surface area contributed by atoms with Crippen LogP contribution in [0.3, 0.4) is 0 Å². The van der Waals surface area contributed by atoms with Crippen LogP contribution < -0.4 is 16.4 Å². The van der Waals surface area contributed by atoms with Gasteiger partial charge in [0.25, 0.3) is 5.91 Å². The summed E-state index contributed by atoms with van der Waals surface area (Å²) in [4.78, 5) is 46.9. The van der Waals surface area contributed by atoms with Crippen molar-refractivity contribution in [3.05, 3.63) is 35.9 Å². The van der Waals surface area contributed by atoms with Gasteiger partial charge in [0.1, 0.15) is 18.7 Å². The Morgan fingerprint density at radius 2 is 1.82 bits per heavy atom. The highest BCUT2D eigenvalue weighted by atomic mass is 16.5. The molecule has 1 aromatic carbocycles. The molecule has 0 spiro atoms. The Morgan fingerprint density at radius 3 is 2.43 bits per heavy atom. The molecule has 0 saturated carbocycles. The highest BCUT2D eigenvalue weighted by Gasteiger charge is 2.23. The highest BCUT2D eigenvalue weighted by molar-refractivity contribution is 5.99. The van der Waals surface area contributed by atoms with Crippen molar-refractivity contribution in [2.24, 2.45) is 5.73 Å². The predicted molar refractivity (Wildman–Crippen MR) is 97.6 cm³/mol. The highest BCUT2D eigenvalue weighted by Crippen LogP contribution is 2.01. The lowest BCUT2D eigenvalue weighted by atomic mass is 10.1. The van der Waals surface area contributed by atoms with Gasteiger partial charge in [0.05, 0.1) is 13.2 Å². The lowest BCUT2D eigenvalue weighted by molar-refractivity contribution is -0.144. The lowest BCUT2D eigenvalue weighted by Crippen LogP contribution is -2.50. The first-order valence-corrected chi connectivity index (χ1v) is 8.71. The molecule has 10 heteroatoms. The summed E-state index contributed by atoms with van der Waals surface area (Å²) in [7, 11) is 0. The summed E-state index contributed by atoms with van der Waals surface area (Å²) in [5, 5.41) is 13.5. The molecule has 0 aliphatic rings. The molecule has 1 rings (SSSR count). The van der Waals surface area contributed by atoms with E-state index in [0.29, 0.717) is 0 Å². The van der Waals surface area contributed by atoms with E-state index >= 15 is 0 Å². The average molecular weight is 395 g/mol. The van der Waals surface area contributed by atoms with Crippen molar-refractivity contribution in [3.63, 3.8) is 0 Å². The summed E-state index contributed by atoms with van der Waals surface area (Å²) in [6, 6.07) is 6.52. The second-order valence-corrected chi connectivity index (χ2v) is 5.75. The molecule has 154 valence electrons. The first-order chi connectivity index (χ1) is 13.4. The summed E-state index contributed by atoms with van der Waals surface area (Å²) in [6.07, 6.45) is -1.15. The van der Waals surface area contributed by atoms with Crippen molar-refractivity contribution < 1.29 is 33.8 Å². The monoisotopic (exact) mass is 395 g/mol. The molecule has 0 aromatic heterocycles. The quantitative estimate of drug-likeness (QED) is 0.389. The van der Waals surface area contributed by atoms with E-state index in [-0.39, 0.29) is 26.1 Å². The SMILES string of the molecule is CCOC(=O)C(N)CCC(=O)NC(=O)C(CO)NC(=O)OCc1ccccc1. The summed E-state index contributed by atoms with van der Waals surface area (Å²) in [5.74, 6) is -2.26. The van der Waals surface area contributed by atoms with E-state index < -0.39 is 42.6 Å². The van der Waals surface area contributed by atoms with E-state index in [4.69, 9.17) is 15.2 Å². The number of aliphatic hydroxyl groups excluding tert-OH is 1. The molecule has 5 N–H and O–H groups in total. The van der Waals surface area contributed by atoms with Gasteiger partial charge in [-0.15, -0.1) is 0 Å². The second-order valence-electron chi connectivity index (χ2n) is 5.75. The van der Waals surface area contributed by atoms with Crippen molar-refractivity contribution in [2.75, 3.05) is 13.2 Å². The fourth-order valence-electron chi connectivity index (χ4n) is 2.04. The Labute approximate surface area is 162 Å². The maximum absolute atomic E-state index is 12.0. The smallest absolute Gasteiger partial charge is 0.408 e. The van der Waals surface area contributed by atoms with Crippen molar-refractivity contribution in [3.8, 4) is 0 Å². The lowest BCUT2D eigenvalue weighted by Gasteiger charge is -2.16. The number of benzene rings is 1. The fraction of sp³-hybridized carbons (Fsp3) is 0.444. The molecule has 10 nitrogen and oxygen atoms in total. The van der Waals surface area contributed by atoms with Gasteiger partial charge >= 0.3 is 12.1 Å². The van der Waals surface area contributed by atoms with Gasteiger partial charge in [-0.2, -0.15) is 0 Å². The number of nitrogens with one attached hydrogen (secondary N) is 2. The Kier molecular flexibility index (Phi) is 10.2. The summed E-state index contributed by atoms with van der Waals surface area (Å²) < 4.78 is 9.66. The molecule has 0 saturated heterocycles. The van der Waals surface area contributed by atoms with Gasteiger partial charge in [-0.05, 0) is 18.9 Å². The van der Waals surface area contributed by atoms with Gasteiger partial charge in [-0.3, -0.25) is 19.7 Å². The summed E-state index contributed by atoms with van der Waals surface area (Å²) in [5.41, 5.74) is 6.31. The maximum Gasteiger partial charge on any atom is 0.408 e. The van der Waals surface area contributed by atoms with E-state index in [1.54, 1.807) is 31.2 Å². The zero-order valence-corrected chi connectivity index (χ0v) is 15.6. The Hall–Kier alpha value is -2.98. The summed E-state index contributed by atoms with van der Waals surface area (Å²) >= 11 is 0. The van der Waals surface area contributed by atoms with Gasteiger partial charge in [0.15, 0.2) is 0 Å². The number of nitrogens with two attached hydrogens (primary N) is 1. The number of rotatable bonds is 10. The molecule has 0 fully saturated rings. The number of imide groups is 1. The van der Waals surface area contributed by atoms with Crippen molar-refractivity contribution in [1.29, 1.82) is 0 Å². The van der Waals surface area contributed by atoms with Crippen LogP contribution in [0.1, 0.15) is 25.3 Å². The van der Waals surface area contributed by atoms with E-state index in [2.05, 4.69) is 5.32 Å². The van der Waals surface area contributed by atoms with Crippen LogP contribution in [0.25, 0.3) is 0 Å². The van der Waals surface area contributed by atoms with Crippen LogP contribution in [0.5, 0.6) is 0 Å². The molecular formula is C18H25N3O7. The molecule has 0 aliphatic carbocycles. The number of esters is 1. The largest absolute Gasteiger partial charge is 0.465 e. The number of alkyl carbamates (subject to hydrolysis) is 1. The fourth-order valence-corrected chi connectivity index (χ4v) is 2.04. The molecule has 0 heterocycles. The number of carbonyl (C=O) groups excluding carboxylic acids is 4. The van der Waals surface area contributed by atoms with Crippen LogP contribution in [-0.2, 0) is 30.5 Å². The predicted octanol–water partition coefficient (Wildman–Crippen LogP) is -0.413. The molecule has 2 unspecified atom stereocenters. The third kappa shape index (κ3) is 8.60. The van der Waals surface area contributed by atoms with Crippen LogP contribution >= 0.6 is 0 Å². The van der Waals surface area contributed by atoms with Crippen LogP contribution in [0.15, 0.2) is 30.3 Å². The molecule has 1 aromatic rings. The van der Waals surface area contributed by atoms with Crippen LogP contribution in [0.4, 0.5) is 4.79 Å². The van der Waals surface area contributed by atoms with E-state index in [1.165, 1.54) is 0 Å². The third-order valence-corrected chi connectivity index (χ3v) is 3.54. The average Bonchev–Trinajstić information content (AvgIpc) is 2.69. The third-order valence-electron chi connectivity index (χ3n) is 3.54. The molecule has 0 bridgehead atoms. The minimum absolute atomic E-state index is 0.0167. The molecular weight excluding hydrogens is 370 g/mol. The van der Waals surface area contributed by atoms with Crippen molar-refractivity contribution in [2.45, 2.75) is 38.5 Å². The van der Waals surface area contributed by atoms with Crippen LogP contribution in [-0.4, -0.2) is 54.3 Å². The minimum atomic E-state index is -1.37. The number of hydrogen-bond donors (Lipinski definition) is 4. The first-order valence-electron chi connectivity index (χ1n) is 8.71. The number of carbonyl (C=O) groups is 4. The standard InChI is InChI=1S/C18H25N3O7/c1-2-27-17(25)13(19)8-9-15(23)21-16(24)14(10-22)20-18(26)28-11-12-6-4-3-5-7-12/h3-7,13-14,22H,2,8-11,19H2,1H3,(H,20,26)(H,21,23,24). The van der Waals surface area contributed by atoms with Crippen molar-refractivity contribution in [1.82, 2.24) is 10.6 Å². The Balaban J connectivity index is 2.39. The van der Waals surface area contributed by atoms with Crippen LogP contribution in [0.2, 0.25) is 0 Å². The zero-order chi connectivity index (χ0) is 20.9. The van der Waals surface area contributed by atoms with Gasteiger partial charge < -0.3 is 25.6 Å². The van der Waals surface area contributed by atoms with E-state index in [1.807, 2.05) is 11.4 Å². The molecule has 0 aliphatic heterocycles. The number of hydrogen-bond acceptors (Lipinski definition) is 8. The Morgan fingerprint density at radius 1 is 1.14 bits per heavy atom.